The van der Waals surface area contributed by atoms with Crippen molar-refractivity contribution in [3.8, 4) is 11.1 Å². The van der Waals surface area contributed by atoms with Crippen LogP contribution in [-0.2, 0) is 6.54 Å². The molecule has 0 spiro atoms. The molecule has 1 N–H and O–H groups in total. The highest BCUT2D eigenvalue weighted by molar-refractivity contribution is 6.31. The number of hydrogen-bond acceptors (Lipinski definition) is 2. The predicted octanol–water partition coefficient (Wildman–Crippen LogP) is 2.73. The van der Waals surface area contributed by atoms with Crippen molar-refractivity contribution < 1.29 is 0 Å². The molecule has 1 aromatic heterocycles. The third-order valence-corrected chi connectivity index (χ3v) is 3.21. The summed E-state index contributed by atoms with van der Waals surface area (Å²) in [6, 6.07) is 5.95. The van der Waals surface area contributed by atoms with Crippen LogP contribution in [0.4, 0.5) is 0 Å². The molecule has 3 nitrogen and oxygen atoms in total. The van der Waals surface area contributed by atoms with E-state index in [9.17, 15) is 0 Å². The van der Waals surface area contributed by atoms with Crippen LogP contribution >= 0.6 is 11.6 Å². The van der Waals surface area contributed by atoms with Gasteiger partial charge in [0, 0.05) is 23.3 Å². The summed E-state index contributed by atoms with van der Waals surface area (Å²) in [6.45, 7) is 3.81. The summed E-state index contributed by atoms with van der Waals surface area (Å²) < 4.78 is 1.94. The summed E-state index contributed by atoms with van der Waals surface area (Å²) in [4.78, 5) is 0. The first-order chi connectivity index (χ1) is 8.22. The third kappa shape index (κ3) is 2.68. The van der Waals surface area contributed by atoms with E-state index >= 15 is 0 Å². The topological polar surface area (TPSA) is 29.9 Å². The van der Waals surface area contributed by atoms with Gasteiger partial charge in [-0.15, -0.1) is 0 Å². The number of rotatable bonds is 4. The van der Waals surface area contributed by atoms with Gasteiger partial charge < -0.3 is 5.32 Å². The first-order valence-electron chi connectivity index (χ1n) is 5.65. The number of nitrogens with one attached hydrogen (secondary N) is 1. The zero-order valence-corrected chi connectivity index (χ0v) is 10.8. The van der Waals surface area contributed by atoms with Gasteiger partial charge in [0.2, 0.25) is 0 Å². The van der Waals surface area contributed by atoms with Crippen LogP contribution in [0.5, 0.6) is 0 Å². The number of benzene rings is 1. The quantitative estimate of drug-likeness (QED) is 0.903. The van der Waals surface area contributed by atoms with E-state index in [1.807, 2.05) is 37.0 Å². The SMILES string of the molecule is CNCCn1cc(-c2cccc(Cl)c2C)cn1. The van der Waals surface area contributed by atoms with Crippen LogP contribution in [0.15, 0.2) is 30.6 Å². The van der Waals surface area contributed by atoms with Gasteiger partial charge in [0.1, 0.15) is 0 Å². The second-order valence-corrected chi connectivity index (χ2v) is 4.42. The molecule has 4 heteroatoms. The summed E-state index contributed by atoms with van der Waals surface area (Å²) >= 11 is 6.12. The second kappa shape index (κ2) is 5.34. The molecule has 2 aromatic rings. The fourth-order valence-corrected chi connectivity index (χ4v) is 1.95. The van der Waals surface area contributed by atoms with Gasteiger partial charge in [-0.2, -0.15) is 5.10 Å². The fraction of sp³-hybridized carbons (Fsp3) is 0.308. The summed E-state index contributed by atoms with van der Waals surface area (Å²) in [7, 11) is 1.94. The Bertz CT molecular complexity index is 505. The molecule has 0 fully saturated rings. The van der Waals surface area contributed by atoms with E-state index in [1.165, 1.54) is 0 Å². The lowest BCUT2D eigenvalue weighted by atomic mass is 10.0. The molecular formula is C13H16ClN3. The van der Waals surface area contributed by atoms with Gasteiger partial charge in [0.25, 0.3) is 0 Å². The van der Waals surface area contributed by atoms with Crippen molar-refractivity contribution in [3.05, 3.63) is 41.2 Å². The zero-order valence-electron chi connectivity index (χ0n) is 10.1. The lowest BCUT2D eigenvalue weighted by molar-refractivity contribution is 0.585. The van der Waals surface area contributed by atoms with Crippen LogP contribution in [0, 0.1) is 6.92 Å². The van der Waals surface area contributed by atoms with Gasteiger partial charge in [-0.25, -0.2) is 0 Å². The summed E-state index contributed by atoms with van der Waals surface area (Å²) in [6.07, 6.45) is 3.93. The summed E-state index contributed by atoms with van der Waals surface area (Å²) in [5.74, 6) is 0. The second-order valence-electron chi connectivity index (χ2n) is 4.01. The lowest BCUT2D eigenvalue weighted by Crippen LogP contribution is -2.14. The Kier molecular flexibility index (Phi) is 3.82. The lowest BCUT2D eigenvalue weighted by Gasteiger charge is -2.04. The monoisotopic (exact) mass is 249 g/mol. The van der Waals surface area contributed by atoms with Crippen LogP contribution < -0.4 is 5.32 Å². The highest BCUT2D eigenvalue weighted by Gasteiger charge is 2.06. The molecule has 0 saturated carbocycles. The Morgan fingerprint density at radius 1 is 1.41 bits per heavy atom. The maximum atomic E-state index is 6.12. The standard InChI is InChI=1S/C13H16ClN3/c1-10-12(4-3-5-13(10)14)11-8-16-17(9-11)7-6-15-2/h3-5,8-9,15H,6-7H2,1-2H3. The molecule has 0 aliphatic carbocycles. The highest BCUT2D eigenvalue weighted by atomic mass is 35.5. The van der Waals surface area contributed by atoms with E-state index in [4.69, 9.17) is 11.6 Å². The molecular weight excluding hydrogens is 234 g/mol. The van der Waals surface area contributed by atoms with Gasteiger partial charge in [0.05, 0.1) is 12.7 Å². The van der Waals surface area contributed by atoms with Crippen LogP contribution in [0.2, 0.25) is 5.02 Å². The molecule has 1 heterocycles. The molecule has 0 radical (unpaired) electrons. The average Bonchev–Trinajstić information content (AvgIpc) is 2.78. The average molecular weight is 250 g/mol. The number of halogens is 1. The van der Waals surface area contributed by atoms with Crippen molar-refractivity contribution in [2.75, 3.05) is 13.6 Å². The van der Waals surface area contributed by atoms with Gasteiger partial charge in [-0.1, -0.05) is 23.7 Å². The van der Waals surface area contributed by atoms with Gasteiger partial charge in [0.15, 0.2) is 0 Å². The molecule has 1 aromatic carbocycles. The van der Waals surface area contributed by atoms with Crippen LogP contribution in [0.1, 0.15) is 5.56 Å². The predicted molar refractivity (Wildman–Crippen MR) is 71.3 cm³/mol. The van der Waals surface area contributed by atoms with E-state index in [0.29, 0.717) is 0 Å². The molecule has 0 bridgehead atoms. The number of hydrogen-bond donors (Lipinski definition) is 1. The Labute approximate surface area is 106 Å². The Morgan fingerprint density at radius 3 is 3.00 bits per heavy atom. The van der Waals surface area contributed by atoms with Crippen molar-refractivity contribution in [3.63, 3.8) is 0 Å². The largest absolute Gasteiger partial charge is 0.318 e. The molecule has 0 aliphatic rings. The minimum absolute atomic E-state index is 0.797. The van der Waals surface area contributed by atoms with E-state index in [1.54, 1.807) is 0 Å². The maximum Gasteiger partial charge on any atom is 0.0568 e. The zero-order chi connectivity index (χ0) is 12.3. The van der Waals surface area contributed by atoms with Crippen molar-refractivity contribution in [1.29, 1.82) is 0 Å². The van der Waals surface area contributed by atoms with Crippen LogP contribution in [0.3, 0.4) is 0 Å². The smallest absolute Gasteiger partial charge is 0.0568 e. The molecule has 17 heavy (non-hydrogen) atoms. The maximum absolute atomic E-state index is 6.12. The molecule has 0 amide bonds. The first-order valence-corrected chi connectivity index (χ1v) is 6.02. The number of likely N-dealkylation sites (N-methyl/N-ethyl adjacent to an activating group) is 1. The summed E-state index contributed by atoms with van der Waals surface area (Å²) in [5, 5.41) is 8.23. The number of aromatic nitrogens is 2. The minimum atomic E-state index is 0.797. The van der Waals surface area contributed by atoms with E-state index in [2.05, 4.69) is 22.7 Å². The van der Waals surface area contributed by atoms with E-state index < -0.39 is 0 Å². The molecule has 2 rings (SSSR count). The Balaban J connectivity index is 2.27. The third-order valence-electron chi connectivity index (χ3n) is 2.80. The van der Waals surface area contributed by atoms with Gasteiger partial charge >= 0.3 is 0 Å². The van der Waals surface area contributed by atoms with E-state index in [0.717, 1.165) is 34.8 Å². The van der Waals surface area contributed by atoms with Crippen molar-refractivity contribution in [1.82, 2.24) is 15.1 Å². The first kappa shape index (κ1) is 12.1. The van der Waals surface area contributed by atoms with E-state index in [-0.39, 0.29) is 0 Å². The fourth-order valence-electron chi connectivity index (χ4n) is 1.77. The van der Waals surface area contributed by atoms with Crippen LogP contribution in [0.25, 0.3) is 11.1 Å². The minimum Gasteiger partial charge on any atom is -0.318 e. The van der Waals surface area contributed by atoms with Gasteiger partial charge in [-0.3, -0.25) is 4.68 Å². The van der Waals surface area contributed by atoms with Crippen molar-refractivity contribution in [2.24, 2.45) is 0 Å². The molecule has 0 saturated heterocycles. The molecule has 0 atom stereocenters. The Morgan fingerprint density at radius 2 is 2.24 bits per heavy atom. The summed E-state index contributed by atoms with van der Waals surface area (Å²) in [5.41, 5.74) is 3.36. The van der Waals surface area contributed by atoms with Crippen LogP contribution in [-0.4, -0.2) is 23.4 Å². The van der Waals surface area contributed by atoms with Crippen molar-refractivity contribution >= 4 is 11.6 Å². The number of nitrogens with zero attached hydrogens (tertiary/aromatic N) is 2. The molecule has 0 aliphatic heterocycles. The molecule has 0 unspecified atom stereocenters. The highest BCUT2D eigenvalue weighted by Crippen LogP contribution is 2.27. The normalized spacial score (nSPS) is 10.8. The molecule has 90 valence electrons. The van der Waals surface area contributed by atoms with Crippen molar-refractivity contribution in [2.45, 2.75) is 13.5 Å². The Hall–Kier alpha value is -1.32. The van der Waals surface area contributed by atoms with Gasteiger partial charge in [-0.05, 0) is 31.2 Å².